The smallest absolute Gasteiger partial charge is 0.325 e. The molecule has 0 saturated heterocycles. The van der Waals surface area contributed by atoms with Crippen molar-refractivity contribution in [3.8, 4) is 0 Å². The van der Waals surface area contributed by atoms with Gasteiger partial charge in [-0.25, -0.2) is 9.97 Å². The quantitative estimate of drug-likeness (QED) is 0.817. The SMILES string of the molecule is COC(=O)CNc1cc(Nc2cccc(Br)c2)ncn1. The standard InChI is InChI=1S/C13H13BrN4O2/c1-20-13(19)7-15-11-6-12(17-8-16-11)18-10-4-2-3-9(14)5-10/h2-6,8H,7H2,1H3,(H2,15,16,17,18). The molecule has 0 fully saturated rings. The molecule has 1 aromatic carbocycles. The van der Waals surface area contributed by atoms with Crippen LogP contribution in [0, 0.1) is 0 Å². The molecule has 104 valence electrons. The number of esters is 1. The molecular formula is C13H13BrN4O2. The fourth-order valence-electron chi connectivity index (χ4n) is 1.47. The number of benzene rings is 1. The third-order valence-corrected chi connectivity index (χ3v) is 2.90. The maximum Gasteiger partial charge on any atom is 0.325 e. The lowest BCUT2D eigenvalue weighted by Gasteiger charge is -2.08. The van der Waals surface area contributed by atoms with Crippen LogP contribution < -0.4 is 10.6 Å². The number of carbonyl (C=O) groups excluding carboxylic acids is 1. The van der Waals surface area contributed by atoms with Crippen molar-refractivity contribution in [2.45, 2.75) is 0 Å². The predicted molar refractivity (Wildman–Crippen MR) is 80.0 cm³/mol. The average molecular weight is 337 g/mol. The van der Waals surface area contributed by atoms with Gasteiger partial charge in [0, 0.05) is 16.2 Å². The fraction of sp³-hybridized carbons (Fsp3) is 0.154. The highest BCUT2D eigenvalue weighted by Gasteiger charge is 2.03. The Balaban J connectivity index is 2.04. The Labute approximate surface area is 124 Å². The zero-order valence-corrected chi connectivity index (χ0v) is 12.3. The van der Waals surface area contributed by atoms with Gasteiger partial charge in [0.25, 0.3) is 0 Å². The molecule has 1 heterocycles. The minimum absolute atomic E-state index is 0.0594. The number of hydrogen-bond donors (Lipinski definition) is 2. The second-order valence-electron chi connectivity index (χ2n) is 3.85. The summed E-state index contributed by atoms with van der Waals surface area (Å²) in [6, 6.07) is 9.43. The second-order valence-corrected chi connectivity index (χ2v) is 4.77. The topological polar surface area (TPSA) is 76.1 Å². The molecule has 1 aromatic heterocycles. The lowest BCUT2D eigenvalue weighted by Crippen LogP contribution is -2.15. The molecule has 0 radical (unpaired) electrons. The number of halogens is 1. The summed E-state index contributed by atoms with van der Waals surface area (Å²) in [4.78, 5) is 19.2. The summed E-state index contributed by atoms with van der Waals surface area (Å²) in [6.45, 7) is 0.0594. The lowest BCUT2D eigenvalue weighted by molar-refractivity contribution is -0.138. The summed E-state index contributed by atoms with van der Waals surface area (Å²) in [5.74, 6) is 0.818. The number of nitrogens with one attached hydrogen (secondary N) is 2. The predicted octanol–water partition coefficient (Wildman–Crippen LogP) is 2.57. The molecule has 0 aliphatic carbocycles. The normalized spacial score (nSPS) is 9.90. The zero-order chi connectivity index (χ0) is 14.4. The van der Waals surface area contributed by atoms with Gasteiger partial charge >= 0.3 is 5.97 Å². The second kappa shape index (κ2) is 6.85. The molecule has 0 aliphatic rings. The van der Waals surface area contributed by atoms with Crippen molar-refractivity contribution >= 4 is 39.2 Å². The van der Waals surface area contributed by atoms with Gasteiger partial charge in [-0.2, -0.15) is 0 Å². The van der Waals surface area contributed by atoms with E-state index in [2.05, 4.69) is 41.3 Å². The van der Waals surface area contributed by atoms with Crippen LogP contribution in [0.4, 0.5) is 17.3 Å². The monoisotopic (exact) mass is 336 g/mol. The van der Waals surface area contributed by atoms with E-state index in [1.54, 1.807) is 6.07 Å². The number of anilines is 3. The maximum atomic E-state index is 11.0. The number of rotatable bonds is 5. The third kappa shape index (κ3) is 4.20. The van der Waals surface area contributed by atoms with Crippen LogP contribution in [0.25, 0.3) is 0 Å². The Kier molecular flexibility index (Phi) is 4.89. The van der Waals surface area contributed by atoms with Crippen LogP contribution in [-0.2, 0) is 9.53 Å². The first kappa shape index (κ1) is 14.3. The lowest BCUT2D eigenvalue weighted by atomic mass is 10.3. The number of ether oxygens (including phenoxy) is 1. The Morgan fingerprint density at radius 1 is 1.30 bits per heavy atom. The highest BCUT2D eigenvalue weighted by atomic mass is 79.9. The molecule has 0 saturated carbocycles. The van der Waals surface area contributed by atoms with Crippen molar-refractivity contribution in [2.75, 3.05) is 24.3 Å². The van der Waals surface area contributed by atoms with Crippen LogP contribution in [0.2, 0.25) is 0 Å². The van der Waals surface area contributed by atoms with Crippen molar-refractivity contribution in [3.05, 3.63) is 41.1 Å². The molecule has 2 rings (SSSR count). The highest BCUT2D eigenvalue weighted by molar-refractivity contribution is 9.10. The summed E-state index contributed by atoms with van der Waals surface area (Å²) in [6.07, 6.45) is 1.42. The first-order valence-corrected chi connectivity index (χ1v) is 6.62. The number of hydrogen-bond acceptors (Lipinski definition) is 6. The van der Waals surface area contributed by atoms with Crippen molar-refractivity contribution in [1.29, 1.82) is 0 Å². The molecule has 20 heavy (non-hydrogen) atoms. The van der Waals surface area contributed by atoms with E-state index in [1.165, 1.54) is 13.4 Å². The van der Waals surface area contributed by atoms with Gasteiger partial charge in [0.2, 0.25) is 0 Å². The fourth-order valence-corrected chi connectivity index (χ4v) is 1.87. The van der Waals surface area contributed by atoms with Crippen LogP contribution in [0.3, 0.4) is 0 Å². The van der Waals surface area contributed by atoms with Crippen molar-refractivity contribution in [3.63, 3.8) is 0 Å². The number of aromatic nitrogens is 2. The van der Waals surface area contributed by atoms with Crippen LogP contribution in [-0.4, -0.2) is 29.6 Å². The van der Waals surface area contributed by atoms with Crippen LogP contribution in [0.1, 0.15) is 0 Å². The number of nitrogens with zero attached hydrogens (tertiary/aromatic N) is 2. The molecule has 0 amide bonds. The van der Waals surface area contributed by atoms with Gasteiger partial charge in [-0.05, 0) is 18.2 Å². The van der Waals surface area contributed by atoms with E-state index in [9.17, 15) is 4.79 Å². The first-order valence-electron chi connectivity index (χ1n) is 5.82. The van der Waals surface area contributed by atoms with Crippen LogP contribution >= 0.6 is 15.9 Å². The highest BCUT2D eigenvalue weighted by Crippen LogP contribution is 2.20. The van der Waals surface area contributed by atoms with Gasteiger partial charge in [0.05, 0.1) is 7.11 Å². The van der Waals surface area contributed by atoms with Gasteiger partial charge in [-0.1, -0.05) is 22.0 Å². The van der Waals surface area contributed by atoms with E-state index in [1.807, 2.05) is 24.3 Å². The van der Waals surface area contributed by atoms with Crippen molar-refractivity contribution in [2.24, 2.45) is 0 Å². The Morgan fingerprint density at radius 3 is 2.85 bits per heavy atom. The van der Waals surface area contributed by atoms with E-state index < -0.39 is 0 Å². The van der Waals surface area contributed by atoms with Gasteiger partial charge in [0.1, 0.15) is 24.5 Å². The maximum absolute atomic E-state index is 11.0. The Bertz CT molecular complexity index is 606. The Morgan fingerprint density at radius 2 is 2.10 bits per heavy atom. The molecule has 6 nitrogen and oxygen atoms in total. The van der Waals surface area contributed by atoms with E-state index >= 15 is 0 Å². The summed E-state index contributed by atoms with van der Waals surface area (Å²) < 4.78 is 5.52. The molecule has 0 unspecified atom stereocenters. The minimum atomic E-state index is -0.356. The molecule has 0 spiro atoms. The number of methoxy groups -OCH3 is 1. The summed E-state index contributed by atoms with van der Waals surface area (Å²) in [5.41, 5.74) is 0.900. The minimum Gasteiger partial charge on any atom is -0.468 e. The van der Waals surface area contributed by atoms with Gasteiger partial charge in [-0.15, -0.1) is 0 Å². The summed E-state index contributed by atoms with van der Waals surface area (Å²) in [7, 11) is 1.34. The van der Waals surface area contributed by atoms with E-state index in [-0.39, 0.29) is 12.5 Å². The number of carbonyl (C=O) groups is 1. The summed E-state index contributed by atoms with van der Waals surface area (Å²) in [5, 5.41) is 6.01. The van der Waals surface area contributed by atoms with Gasteiger partial charge in [0.15, 0.2) is 0 Å². The molecule has 7 heteroatoms. The molecule has 0 atom stereocenters. The molecule has 0 bridgehead atoms. The summed E-state index contributed by atoms with van der Waals surface area (Å²) >= 11 is 3.40. The third-order valence-electron chi connectivity index (χ3n) is 2.41. The van der Waals surface area contributed by atoms with Crippen molar-refractivity contribution in [1.82, 2.24) is 9.97 Å². The van der Waals surface area contributed by atoms with E-state index in [4.69, 9.17) is 0 Å². The molecule has 2 N–H and O–H groups in total. The largest absolute Gasteiger partial charge is 0.468 e. The van der Waals surface area contributed by atoms with Crippen molar-refractivity contribution < 1.29 is 9.53 Å². The van der Waals surface area contributed by atoms with E-state index in [0.29, 0.717) is 11.6 Å². The van der Waals surface area contributed by atoms with Gasteiger partial charge < -0.3 is 15.4 Å². The molecule has 2 aromatic rings. The average Bonchev–Trinajstić information content (AvgIpc) is 2.45. The van der Waals surface area contributed by atoms with Crippen LogP contribution in [0.15, 0.2) is 41.1 Å². The molecule has 0 aliphatic heterocycles. The van der Waals surface area contributed by atoms with Crippen LogP contribution in [0.5, 0.6) is 0 Å². The van der Waals surface area contributed by atoms with Gasteiger partial charge in [-0.3, -0.25) is 4.79 Å². The molecular weight excluding hydrogens is 324 g/mol. The first-order chi connectivity index (χ1) is 9.67. The zero-order valence-electron chi connectivity index (χ0n) is 10.8. The Hall–Kier alpha value is -2.15. The van der Waals surface area contributed by atoms with E-state index in [0.717, 1.165) is 10.2 Å².